The molecule has 0 fully saturated rings. The Balaban J connectivity index is 3.07. The van der Waals surface area contributed by atoms with E-state index in [1.54, 1.807) is 19.1 Å². The molecular weight excluding hydrogens is 221 g/mol. The minimum absolute atomic E-state index is 0.0783. The fourth-order valence-corrected chi connectivity index (χ4v) is 1.89. The molecule has 1 aromatic carbocycles. The first-order valence-corrected chi connectivity index (χ1v) is 5.94. The lowest BCUT2D eigenvalue weighted by atomic mass is 10.1. The van der Waals surface area contributed by atoms with E-state index >= 15 is 0 Å². The number of nitrogens with zero attached hydrogens (tertiary/aromatic N) is 1. The van der Waals surface area contributed by atoms with Gasteiger partial charge in [0.1, 0.15) is 5.82 Å². The second kappa shape index (κ2) is 6.57. The molecule has 1 aromatic rings. The Labute approximate surface area is 101 Å². The summed E-state index contributed by atoms with van der Waals surface area (Å²) in [6.45, 7) is 4.84. The number of anilines is 1. The molecule has 0 spiro atoms. The number of benzene rings is 1. The molecular formula is C13H20FNO2. The zero-order valence-corrected chi connectivity index (χ0v) is 10.4. The highest BCUT2D eigenvalue weighted by Crippen LogP contribution is 2.29. The Kier molecular flexibility index (Phi) is 5.38. The van der Waals surface area contributed by atoms with Gasteiger partial charge in [0.2, 0.25) is 0 Å². The molecule has 0 bridgehead atoms. The Morgan fingerprint density at radius 1 is 1.41 bits per heavy atom. The number of hydrogen-bond acceptors (Lipinski definition) is 3. The summed E-state index contributed by atoms with van der Waals surface area (Å²) in [6.07, 6.45) is -0.120. The SMILES string of the molecule is CCN(CCCO)c1c(F)cccc1[C@@H](C)O. The normalized spacial score (nSPS) is 12.5. The van der Waals surface area contributed by atoms with Crippen molar-refractivity contribution in [3.63, 3.8) is 0 Å². The molecule has 0 aliphatic carbocycles. The highest BCUT2D eigenvalue weighted by molar-refractivity contribution is 5.55. The molecule has 0 saturated heterocycles. The molecule has 2 N–H and O–H groups in total. The topological polar surface area (TPSA) is 43.7 Å². The Hall–Kier alpha value is -1.13. The smallest absolute Gasteiger partial charge is 0.146 e. The molecule has 0 aliphatic rings. The summed E-state index contributed by atoms with van der Waals surface area (Å²) < 4.78 is 13.9. The summed E-state index contributed by atoms with van der Waals surface area (Å²) in [4.78, 5) is 1.84. The Morgan fingerprint density at radius 2 is 2.12 bits per heavy atom. The van der Waals surface area contributed by atoms with E-state index in [9.17, 15) is 9.50 Å². The number of aliphatic hydroxyl groups excluding tert-OH is 2. The standard InChI is InChI=1S/C13H20FNO2/c1-3-15(8-5-9-16)13-11(10(2)17)6-4-7-12(13)14/h4,6-7,10,16-17H,3,5,8-9H2,1-2H3/t10-/m1/s1. The van der Waals surface area contributed by atoms with Gasteiger partial charge >= 0.3 is 0 Å². The average Bonchev–Trinajstić information content (AvgIpc) is 2.31. The van der Waals surface area contributed by atoms with Gasteiger partial charge in [-0.3, -0.25) is 0 Å². The van der Waals surface area contributed by atoms with Crippen molar-refractivity contribution in [2.75, 3.05) is 24.6 Å². The number of halogens is 1. The number of hydrogen-bond donors (Lipinski definition) is 2. The maximum atomic E-state index is 13.9. The zero-order valence-electron chi connectivity index (χ0n) is 10.4. The van der Waals surface area contributed by atoms with Crippen molar-refractivity contribution >= 4 is 5.69 Å². The van der Waals surface area contributed by atoms with Crippen molar-refractivity contribution in [2.45, 2.75) is 26.4 Å². The average molecular weight is 241 g/mol. The molecule has 3 nitrogen and oxygen atoms in total. The third-order valence-electron chi connectivity index (χ3n) is 2.75. The van der Waals surface area contributed by atoms with Crippen molar-refractivity contribution in [1.82, 2.24) is 0 Å². The van der Waals surface area contributed by atoms with Crippen molar-refractivity contribution in [3.8, 4) is 0 Å². The zero-order chi connectivity index (χ0) is 12.8. The fraction of sp³-hybridized carbons (Fsp3) is 0.538. The molecule has 1 rings (SSSR count). The summed E-state index contributed by atoms with van der Waals surface area (Å²) in [5, 5.41) is 18.5. The largest absolute Gasteiger partial charge is 0.396 e. The second-order valence-electron chi connectivity index (χ2n) is 4.01. The van der Waals surface area contributed by atoms with Gasteiger partial charge in [0.25, 0.3) is 0 Å². The summed E-state index contributed by atoms with van der Waals surface area (Å²) in [7, 11) is 0. The minimum atomic E-state index is -0.705. The molecule has 0 heterocycles. The van der Waals surface area contributed by atoms with E-state index in [1.807, 2.05) is 11.8 Å². The molecule has 0 radical (unpaired) electrons. The first-order valence-electron chi connectivity index (χ1n) is 5.94. The van der Waals surface area contributed by atoms with E-state index in [2.05, 4.69) is 0 Å². The molecule has 0 amide bonds. The number of rotatable bonds is 6. The van der Waals surface area contributed by atoms with E-state index in [4.69, 9.17) is 5.11 Å². The van der Waals surface area contributed by atoms with Gasteiger partial charge in [0, 0.05) is 25.3 Å². The van der Waals surface area contributed by atoms with E-state index < -0.39 is 6.10 Å². The van der Waals surface area contributed by atoms with Crippen LogP contribution in [0.2, 0.25) is 0 Å². The molecule has 17 heavy (non-hydrogen) atoms. The van der Waals surface area contributed by atoms with Crippen LogP contribution in [-0.2, 0) is 0 Å². The highest BCUT2D eigenvalue weighted by atomic mass is 19.1. The highest BCUT2D eigenvalue weighted by Gasteiger charge is 2.17. The van der Waals surface area contributed by atoms with Crippen LogP contribution in [0.25, 0.3) is 0 Å². The number of para-hydroxylation sites is 1. The summed E-state index contributed by atoms with van der Waals surface area (Å²) in [6, 6.07) is 4.72. The predicted molar refractivity (Wildman–Crippen MR) is 66.6 cm³/mol. The Bertz CT molecular complexity index is 355. The van der Waals surface area contributed by atoms with Gasteiger partial charge in [-0.05, 0) is 26.3 Å². The van der Waals surface area contributed by atoms with Crippen molar-refractivity contribution in [3.05, 3.63) is 29.6 Å². The van der Waals surface area contributed by atoms with Crippen LogP contribution in [0.3, 0.4) is 0 Å². The lowest BCUT2D eigenvalue weighted by molar-refractivity contribution is 0.199. The van der Waals surface area contributed by atoms with Crippen LogP contribution >= 0.6 is 0 Å². The molecule has 96 valence electrons. The second-order valence-corrected chi connectivity index (χ2v) is 4.01. The van der Waals surface area contributed by atoms with Crippen molar-refractivity contribution in [1.29, 1.82) is 0 Å². The maximum Gasteiger partial charge on any atom is 0.146 e. The van der Waals surface area contributed by atoms with Crippen LogP contribution in [0.15, 0.2) is 18.2 Å². The van der Waals surface area contributed by atoms with Gasteiger partial charge in [0.05, 0.1) is 11.8 Å². The van der Waals surface area contributed by atoms with Crippen molar-refractivity contribution < 1.29 is 14.6 Å². The summed E-state index contributed by atoms with van der Waals surface area (Å²) in [5.74, 6) is -0.330. The van der Waals surface area contributed by atoms with Gasteiger partial charge < -0.3 is 15.1 Å². The quantitative estimate of drug-likeness (QED) is 0.801. The van der Waals surface area contributed by atoms with Gasteiger partial charge in [-0.15, -0.1) is 0 Å². The summed E-state index contributed by atoms with van der Waals surface area (Å²) in [5.41, 5.74) is 1.03. The Morgan fingerprint density at radius 3 is 2.65 bits per heavy atom. The lowest BCUT2D eigenvalue weighted by Crippen LogP contribution is -2.27. The maximum absolute atomic E-state index is 13.9. The molecule has 0 aromatic heterocycles. The minimum Gasteiger partial charge on any atom is -0.396 e. The van der Waals surface area contributed by atoms with E-state index in [-0.39, 0.29) is 12.4 Å². The van der Waals surface area contributed by atoms with Crippen molar-refractivity contribution in [2.24, 2.45) is 0 Å². The van der Waals surface area contributed by atoms with Crippen LogP contribution in [0, 0.1) is 5.82 Å². The summed E-state index contributed by atoms with van der Waals surface area (Å²) >= 11 is 0. The fourth-order valence-electron chi connectivity index (χ4n) is 1.89. The lowest BCUT2D eigenvalue weighted by Gasteiger charge is -2.26. The predicted octanol–water partition coefficient (Wildman–Crippen LogP) is 2.09. The van der Waals surface area contributed by atoms with Crippen LogP contribution in [0.4, 0.5) is 10.1 Å². The molecule has 1 atom stereocenters. The first-order chi connectivity index (χ1) is 8.11. The van der Waals surface area contributed by atoms with Gasteiger partial charge in [-0.2, -0.15) is 0 Å². The van der Waals surface area contributed by atoms with Crippen LogP contribution in [-0.4, -0.2) is 29.9 Å². The third kappa shape index (κ3) is 3.41. The first kappa shape index (κ1) is 13.9. The van der Waals surface area contributed by atoms with Gasteiger partial charge in [-0.25, -0.2) is 4.39 Å². The molecule has 0 aliphatic heterocycles. The monoisotopic (exact) mass is 241 g/mol. The molecule has 0 unspecified atom stereocenters. The van der Waals surface area contributed by atoms with Crippen LogP contribution in [0.1, 0.15) is 31.9 Å². The van der Waals surface area contributed by atoms with Crippen LogP contribution in [0.5, 0.6) is 0 Å². The third-order valence-corrected chi connectivity index (χ3v) is 2.75. The van der Waals surface area contributed by atoms with E-state index in [0.29, 0.717) is 30.8 Å². The molecule has 0 saturated carbocycles. The number of aliphatic hydroxyl groups is 2. The van der Waals surface area contributed by atoms with Gasteiger partial charge in [-0.1, -0.05) is 12.1 Å². The van der Waals surface area contributed by atoms with E-state index in [0.717, 1.165) is 0 Å². The van der Waals surface area contributed by atoms with Crippen LogP contribution < -0.4 is 4.90 Å². The molecule has 4 heteroatoms. The van der Waals surface area contributed by atoms with E-state index in [1.165, 1.54) is 6.07 Å². The van der Waals surface area contributed by atoms with Gasteiger partial charge in [0.15, 0.2) is 0 Å².